The Kier molecular flexibility index (Phi) is 7.31. The Bertz CT molecular complexity index is 1330. The second-order valence-corrected chi connectivity index (χ2v) is 9.18. The van der Waals surface area contributed by atoms with E-state index in [2.05, 4.69) is 6.07 Å². The molecular formula is C27H22N2O3S2. The van der Waals surface area contributed by atoms with Gasteiger partial charge in [-0.3, -0.25) is 9.69 Å². The summed E-state index contributed by atoms with van der Waals surface area (Å²) in [6.45, 7) is 4.57. The SMILES string of the molecule is CCOc1cc(/C=C2/SC(=S)N(c3ccccc3C)C2=O)ccc1OCc1ccccc1C#N. The molecule has 170 valence electrons. The molecule has 1 aliphatic heterocycles. The van der Waals surface area contributed by atoms with Gasteiger partial charge in [0, 0.05) is 5.56 Å². The van der Waals surface area contributed by atoms with E-state index >= 15 is 0 Å². The van der Waals surface area contributed by atoms with Crippen molar-refractivity contribution >= 4 is 46.0 Å². The van der Waals surface area contributed by atoms with E-state index < -0.39 is 0 Å². The number of hydrogen-bond donors (Lipinski definition) is 0. The highest BCUT2D eigenvalue weighted by atomic mass is 32.2. The van der Waals surface area contributed by atoms with E-state index in [0.29, 0.717) is 32.9 Å². The van der Waals surface area contributed by atoms with Gasteiger partial charge in [0.2, 0.25) is 0 Å². The van der Waals surface area contributed by atoms with Crippen LogP contribution in [0.4, 0.5) is 5.69 Å². The fraction of sp³-hybridized carbons (Fsp3) is 0.148. The summed E-state index contributed by atoms with van der Waals surface area (Å²) in [7, 11) is 0. The second-order valence-electron chi connectivity index (χ2n) is 7.50. The monoisotopic (exact) mass is 486 g/mol. The highest BCUT2D eigenvalue weighted by Gasteiger charge is 2.34. The van der Waals surface area contributed by atoms with E-state index in [-0.39, 0.29) is 12.5 Å². The van der Waals surface area contributed by atoms with Crippen LogP contribution >= 0.6 is 24.0 Å². The maximum atomic E-state index is 13.1. The molecule has 1 heterocycles. The third kappa shape index (κ3) is 4.98. The Morgan fingerprint density at radius 3 is 2.59 bits per heavy atom. The Balaban J connectivity index is 1.57. The van der Waals surface area contributed by atoms with Crippen molar-refractivity contribution in [2.75, 3.05) is 11.5 Å². The van der Waals surface area contributed by atoms with Crippen LogP contribution in [0.25, 0.3) is 6.08 Å². The van der Waals surface area contributed by atoms with Gasteiger partial charge in [0.1, 0.15) is 6.61 Å². The number of nitriles is 1. The number of thiocarbonyl (C=S) groups is 1. The summed E-state index contributed by atoms with van der Waals surface area (Å²) in [4.78, 5) is 15.3. The van der Waals surface area contributed by atoms with E-state index in [4.69, 9.17) is 21.7 Å². The fourth-order valence-electron chi connectivity index (χ4n) is 3.55. The average Bonchev–Trinajstić information content (AvgIpc) is 3.11. The van der Waals surface area contributed by atoms with Gasteiger partial charge in [0.15, 0.2) is 15.8 Å². The smallest absolute Gasteiger partial charge is 0.270 e. The molecule has 0 aliphatic carbocycles. The highest BCUT2D eigenvalue weighted by molar-refractivity contribution is 8.27. The molecule has 1 fully saturated rings. The topological polar surface area (TPSA) is 62.6 Å². The summed E-state index contributed by atoms with van der Waals surface area (Å²) in [5, 5.41) is 9.29. The van der Waals surface area contributed by atoms with Crippen molar-refractivity contribution in [2.24, 2.45) is 0 Å². The van der Waals surface area contributed by atoms with E-state index in [1.807, 2.05) is 80.6 Å². The van der Waals surface area contributed by atoms with E-state index in [9.17, 15) is 10.1 Å². The lowest BCUT2D eigenvalue weighted by Gasteiger charge is -2.16. The first-order valence-electron chi connectivity index (χ1n) is 10.7. The number of thioether (sulfide) groups is 1. The van der Waals surface area contributed by atoms with Crippen molar-refractivity contribution in [1.29, 1.82) is 5.26 Å². The number of hydrogen-bond acceptors (Lipinski definition) is 6. The van der Waals surface area contributed by atoms with Crippen LogP contribution in [-0.2, 0) is 11.4 Å². The number of aryl methyl sites for hydroxylation is 1. The zero-order chi connectivity index (χ0) is 24.1. The number of nitrogens with zero attached hydrogens (tertiary/aromatic N) is 2. The molecule has 7 heteroatoms. The number of benzene rings is 3. The normalized spacial score (nSPS) is 14.4. The van der Waals surface area contributed by atoms with Gasteiger partial charge in [0.25, 0.3) is 5.91 Å². The molecule has 0 radical (unpaired) electrons. The van der Waals surface area contributed by atoms with Gasteiger partial charge in [-0.25, -0.2) is 0 Å². The molecule has 4 rings (SSSR count). The number of rotatable bonds is 7. The summed E-state index contributed by atoms with van der Waals surface area (Å²) in [5.41, 5.74) is 3.96. The zero-order valence-corrected chi connectivity index (χ0v) is 20.4. The van der Waals surface area contributed by atoms with Crippen LogP contribution in [0.3, 0.4) is 0 Å². The van der Waals surface area contributed by atoms with Gasteiger partial charge >= 0.3 is 0 Å². The fourth-order valence-corrected chi connectivity index (χ4v) is 4.84. The number of carbonyl (C=O) groups is 1. The quantitative estimate of drug-likeness (QED) is 0.291. The minimum Gasteiger partial charge on any atom is -0.490 e. The first-order chi connectivity index (χ1) is 16.5. The van der Waals surface area contributed by atoms with Crippen LogP contribution in [0.2, 0.25) is 0 Å². The standard InChI is InChI=1S/C27H22N2O3S2/c1-3-31-24-14-19(12-13-23(24)32-17-21-10-6-5-9-20(21)16-28)15-25-26(30)29(27(33)34-25)22-11-7-4-8-18(22)2/h4-15H,3,17H2,1-2H3/b25-15+. The van der Waals surface area contributed by atoms with Crippen molar-refractivity contribution in [3.8, 4) is 17.6 Å². The van der Waals surface area contributed by atoms with Crippen molar-refractivity contribution in [1.82, 2.24) is 0 Å². The molecule has 0 unspecified atom stereocenters. The van der Waals surface area contributed by atoms with Gasteiger partial charge in [-0.05, 0) is 55.3 Å². The summed E-state index contributed by atoms with van der Waals surface area (Å²) in [6.07, 6.45) is 1.81. The summed E-state index contributed by atoms with van der Waals surface area (Å²) < 4.78 is 12.3. The second kappa shape index (κ2) is 10.6. The zero-order valence-electron chi connectivity index (χ0n) is 18.8. The number of para-hydroxylation sites is 1. The molecule has 34 heavy (non-hydrogen) atoms. The van der Waals surface area contributed by atoms with Crippen LogP contribution in [0, 0.1) is 18.3 Å². The lowest BCUT2D eigenvalue weighted by atomic mass is 10.1. The van der Waals surface area contributed by atoms with Crippen molar-refractivity contribution in [3.63, 3.8) is 0 Å². The molecule has 1 aliphatic rings. The van der Waals surface area contributed by atoms with Gasteiger partial charge in [0.05, 0.1) is 28.8 Å². The van der Waals surface area contributed by atoms with Gasteiger partial charge < -0.3 is 9.47 Å². The number of ether oxygens (including phenoxy) is 2. The Labute approximate surface area is 208 Å². The van der Waals surface area contributed by atoms with Crippen LogP contribution in [0.1, 0.15) is 29.2 Å². The van der Waals surface area contributed by atoms with E-state index in [1.165, 1.54) is 11.8 Å². The molecule has 0 saturated carbocycles. The summed E-state index contributed by atoms with van der Waals surface area (Å²) >= 11 is 6.78. The maximum absolute atomic E-state index is 13.1. The number of carbonyl (C=O) groups excluding carboxylic acids is 1. The molecule has 0 atom stereocenters. The van der Waals surface area contributed by atoms with Gasteiger partial charge in [-0.15, -0.1) is 0 Å². The molecule has 0 spiro atoms. The predicted octanol–water partition coefficient (Wildman–Crippen LogP) is 6.25. The Morgan fingerprint density at radius 1 is 1.06 bits per heavy atom. The molecule has 3 aromatic rings. The molecule has 1 saturated heterocycles. The Morgan fingerprint density at radius 2 is 1.82 bits per heavy atom. The highest BCUT2D eigenvalue weighted by Crippen LogP contribution is 2.38. The largest absolute Gasteiger partial charge is 0.490 e. The van der Waals surface area contributed by atoms with Crippen molar-refractivity contribution < 1.29 is 14.3 Å². The molecule has 3 aromatic carbocycles. The third-order valence-corrected chi connectivity index (χ3v) is 6.54. The molecule has 1 amide bonds. The van der Waals surface area contributed by atoms with Crippen LogP contribution in [0.15, 0.2) is 71.6 Å². The lowest BCUT2D eigenvalue weighted by Crippen LogP contribution is -2.28. The van der Waals surface area contributed by atoms with Crippen molar-refractivity contribution in [3.05, 3.63) is 93.9 Å². The minimum atomic E-state index is -0.143. The molecule has 0 aromatic heterocycles. The summed E-state index contributed by atoms with van der Waals surface area (Å²) in [6, 6.07) is 22.7. The Hall–Kier alpha value is -3.60. The van der Waals surface area contributed by atoms with Crippen LogP contribution in [0.5, 0.6) is 11.5 Å². The lowest BCUT2D eigenvalue weighted by molar-refractivity contribution is -0.113. The minimum absolute atomic E-state index is 0.143. The van der Waals surface area contributed by atoms with Gasteiger partial charge in [-0.2, -0.15) is 5.26 Å². The first kappa shape index (κ1) is 23.6. The number of anilines is 1. The van der Waals surface area contributed by atoms with Crippen LogP contribution in [-0.4, -0.2) is 16.8 Å². The van der Waals surface area contributed by atoms with Gasteiger partial charge in [-0.1, -0.05) is 66.4 Å². The summed E-state index contributed by atoms with van der Waals surface area (Å²) in [5.74, 6) is 0.995. The van der Waals surface area contributed by atoms with E-state index in [0.717, 1.165) is 22.4 Å². The number of amides is 1. The maximum Gasteiger partial charge on any atom is 0.270 e. The van der Waals surface area contributed by atoms with Crippen LogP contribution < -0.4 is 14.4 Å². The molecule has 5 nitrogen and oxygen atoms in total. The third-order valence-electron chi connectivity index (χ3n) is 5.24. The first-order valence-corrected chi connectivity index (χ1v) is 12.0. The average molecular weight is 487 g/mol. The van der Waals surface area contributed by atoms with Crippen molar-refractivity contribution in [2.45, 2.75) is 20.5 Å². The van der Waals surface area contributed by atoms with E-state index in [1.54, 1.807) is 11.0 Å². The molecule has 0 bridgehead atoms. The molecule has 0 N–H and O–H groups in total. The predicted molar refractivity (Wildman–Crippen MR) is 140 cm³/mol. The molecular weight excluding hydrogens is 464 g/mol.